The van der Waals surface area contributed by atoms with Crippen molar-refractivity contribution < 1.29 is 28.5 Å². The van der Waals surface area contributed by atoms with Gasteiger partial charge < -0.3 is 29.0 Å². The zero-order valence-corrected chi connectivity index (χ0v) is 18.4. The fraction of sp³-hybridized carbons (Fsp3) is 0.160. The average molecular weight is 435 g/mol. The van der Waals surface area contributed by atoms with E-state index in [1.807, 2.05) is 48.5 Å². The number of hydrogen-bond donors (Lipinski definition) is 1. The Morgan fingerprint density at radius 2 is 1.34 bits per heavy atom. The zero-order chi connectivity index (χ0) is 22.9. The number of benzene rings is 3. The van der Waals surface area contributed by atoms with Crippen LogP contribution in [0.2, 0.25) is 0 Å². The number of para-hydroxylation sites is 2. The van der Waals surface area contributed by atoms with Gasteiger partial charge in [-0.1, -0.05) is 12.1 Å². The van der Waals surface area contributed by atoms with Crippen molar-refractivity contribution in [3.8, 4) is 34.5 Å². The van der Waals surface area contributed by atoms with Crippen molar-refractivity contribution in [2.24, 2.45) is 0 Å². The molecule has 3 aromatic rings. The van der Waals surface area contributed by atoms with Gasteiger partial charge in [0.15, 0.2) is 28.8 Å². The number of anilines is 1. The Bertz CT molecular complexity index is 1070. The lowest BCUT2D eigenvalue weighted by Crippen LogP contribution is -2.01. The van der Waals surface area contributed by atoms with E-state index in [-0.39, 0.29) is 5.78 Å². The number of carbonyl (C=O) groups excluding carboxylic acids is 1. The Hall–Kier alpha value is -4.13. The van der Waals surface area contributed by atoms with Gasteiger partial charge in [-0.2, -0.15) is 0 Å². The van der Waals surface area contributed by atoms with Crippen molar-refractivity contribution in [2.45, 2.75) is 0 Å². The van der Waals surface area contributed by atoms with E-state index in [1.165, 1.54) is 27.4 Å². The van der Waals surface area contributed by atoms with Crippen LogP contribution in [0.15, 0.2) is 72.9 Å². The third-order valence-electron chi connectivity index (χ3n) is 4.59. The van der Waals surface area contributed by atoms with Crippen LogP contribution in [0.3, 0.4) is 0 Å². The Morgan fingerprint density at radius 3 is 1.91 bits per heavy atom. The molecule has 3 aromatic carbocycles. The number of ether oxygens (including phenoxy) is 5. The number of nitrogens with one attached hydrogen (secondary N) is 1. The molecule has 0 spiro atoms. The molecule has 0 bridgehead atoms. The predicted molar refractivity (Wildman–Crippen MR) is 123 cm³/mol. The van der Waals surface area contributed by atoms with Gasteiger partial charge in [0, 0.05) is 23.5 Å². The molecule has 3 rings (SSSR count). The highest BCUT2D eigenvalue weighted by Crippen LogP contribution is 2.38. The molecule has 0 heterocycles. The highest BCUT2D eigenvalue weighted by molar-refractivity contribution is 6.05. The molecule has 7 heteroatoms. The molecule has 0 amide bonds. The van der Waals surface area contributed by atoms with E-state index < -0.39 is 0 Å². The van der Waals surface area contributed by atoms with Gasteiger partial charge in [0.25, 0.3) is 0 Å². The third-order valence-corrected chi connectivity index (χ3v) is 4.59. The van der Waals surface area contributed by atoms with Crippen LogP contribution in [-0.2, 0) is 0 Å². The summed E-state index contributed by atoms with van der Waals surface area (Å²) in [5.41, 5.74) is 1.21. The van der Waals surface area contributed by atoms with Gasteiger partial charge in [-0.25, -0.2) is 0 Å². The lowest BCUT2D eigenvalue weighted by atomic mass is 10.1. The molecule has 0 radical (unpaired) electrons. The highest BCUT2D eigenvalue weighted by atomic mass is 16.5. The molecule has 0 aliphatic heterocycles. The van der Waals surface area contributed by atoms with E-state index >= 15 is 0 Å². The van der Waals surface area contributed by atoms with Gasteiger partial charge in [-0.05, 0) is 48.5 Å². The van der Waals surface area contributed by atoms with Gasteiger partial charge >= 0.3 is 0 Å². The largest absolute Gasteiger partial charge is 0.493 e. The molecule has 0 atom stereocenters. The summed E-state index contributed by atoms with van der Waals surface area (Å²) >= 11 is 0. The van der Waals surface area contributed by atoms with E-state index in [9.17, 15) is 4.79 Å². The fourth-order valence-electron chi connectivity index (χ4n) is 2.98. The maximum atomic E-state index is 12.6. The molecule has 166 valence electrons. The van der Waals surface area contributed by atoms with Gasteiger partial charge in [-0.3, -0.25) is 4.79 Å². The first-order valence-electron chi connectivity index (χ1n) is 9.78. The summed E-state index contributed by atoms with van der Waals surface area (Å²) in [6, 6.07) is 18.0. The van der Waals surface area contributed by atoms with Crippen molar-refractivity contribution in [3.63, 3.8) is 0 Å². The minimum atomic E-state index is -0.215. The monoisotopic (exact) mass is 435 g/mol. The maximum absolute atomic E-state index is 12.6. The van der Waals surface area contributed by atoms with Crippen LogP contribution in [0.1, 0.15) is 10.4 Å². The van der Waals surface area contributed by atoms with Crippen LogP contribution < -0.4 is 29.0 Å². The molecular formula is C25H25NO6. The summed E-state index contributed by atoms with van der Waals surface area (Å²) in [5.74, 6) is 3.01. The van der Waals surface area contributed by atoms with Crippen molar-refractivity contribution in [3.05, 3.63) is 78.5 Å². The number of rotatable bonds is 10. The van der Waals surface area contributed by atoms with Crippen LogP contribution in [0.5, 0.6) is 34.5 Å². The molecule has 0 saturated heterocycles. The van der Waals surface area contributed by atoms with E-state index in [2.05, 4.69) is 5.32 Å². The Kier molecular flexibility index (Phi) is 7.59. The number of methoxy groups -OCH3 is 4. The number of allylic oxidation sites excluding steroid dienone is 1. The molecule has 1 N–H and O–H groups in total. The Labute approximate surface area is 187 Å². The second kappa shape index (κ2) is 10.8. The van der Waals surface area contributed by atoms with E-state index in [0.29, 0.717) is 40.1 Å². The smallest absolute Gasteiger partial charge is 0.203 e. The summed E-state index contributed by atoms with van der Waals surface area (Å²) in [7, 11) is 6.12. The summed E-state index contributed by atoms with van der Waals surface area (Å²) in [4.78, 5) is 12.6. The molecule has 0 aliphatic rings. The number of ketones is 1. The molecule has 32 heavy (non-hydrogen) atoms. The number of hydrogen-bond acceptors (Lipinski definition) is 7. The summed E-state index contributed by atoms with van der Waals surface area (Å²) in [6.07, 6.45) is 3.00. The molecular weight excluding hydrogens is 410 g/mol. The second-order valence-corrected chi connectivity index (χ2v) is 6.53. The maximum Gasteiger partial charge on any atom is 0.203 e. The standard InChI is InChI=1S/C25H25NO6/c1-28-21-7-5-6-8-22(21)32-19-11-9-18(10-12-19)26-14-13-20(27)17-15-23(29-2)25(31-4)24(16-17)30-3/h5-16,26H,1-4H3/b14-13+. The lowest BCUT2D eigenvalue weighted by Gasteiger charge is -2.13. The van der Waals surface area contributed by atoms with E-state index in [4.69, 9.17) is 23.7 Å². The zero-order valence-electron chi connectivity index (χ0n) is 18.4. The van der Waals surface area contributed by atoms with Crippen LogP contribution in [0.25, 0.3) is 0 Å². The van der Waals surface area contributed by atoms with Gasteiger partial charge in [-0.15, -0.1) is 0 Å². The molecule has 0 aliphatic carbocycles. The van der Waals surface area contributed by atoms with Crippen LogP contribution in [0, 0.1) is 0 Å². The first-order chi connectivity index (χ1) is 15.6. The Morgan fingerprint density at radius 1 is 0.750 bits per heavy atom. The van der Waals surface area contributed by atoms with Crippen molar-refractivity contribution in [2.75, 3.05) is 33.8 Å². The summed E-state index contributed by atoms with van der Waals surface area (Å²) in [5, 5.41) is 3.07. The van der Waals surface area contributed by atoms with Crippen molar-refractivity contribution in [1.82, 2.24) is 0 Å². The van der Waals surface area contributed by atoms with Gasteiger partial charge in [0.05, 0.1) is 28.4 Å². The first-order valence-corrected chi connectivity index (χ1v) is 9.78. The average Bonchev–Trinajstić information content (AvgIpc) is 2.84. The molecule has 7 nitrogen and oxygen atoms in total. The predicted octanol–water partition coefficient (Wildman–Crippen LogP) is 5.32. The van der Waals surface area contributed by atoms with Gasteiger partial charge in [0.1, 0.15) is 5.75 Å². The quantitative estimate of drug-likeness (QED) is 0.341. The Balaban J connectivity index is 1.65. The summed E-state index contributed by atoms with van der Waals surface area (Å²) < 4.78 is 27.0. The number of carbonyl (C=O) groups is 1. The fourth-order valence-corrected chi connectivity index (χ4v) is 2.98. The van der Waals surface area contributed by atoms with Crippen molar-refractivity contribution >= 4 is 11.5 Å². The van der Waals surface area contributed by atoms with Crippen molar-refractivity contribution in [1.29, 1.82) is 0 Å². The minimum absolute atomic E-state index is 0.215. The van der Waals surface area contributed by atoms with Crippen LogP contribution >= 0.6 is 0 Å². The molecule has 0 fully saturated rings. The topological polar surface area (TPSA) is 75.3 Å². The minimum Gasteiger partial charge on any atom is -0.493 e. The van der Waals surface area contributed by atoms with Crippen LogP contribution in [-0.4, -0.2) is 34.2 Å². The third kappa shape index (κ3) is 5.31. The second-order valence-electron chi connectivity index (χ2n) is 6.53. The van der Waals surface area contributed by atoms with E-state index in [1.54, 1.807) is 25.4 Å². The molecule has 0 aromatic heterocycles. The van der Waals surface area contributed by atoms with Crippen LogP contribution in [0.4, 0.5) is 5.69 Å². The normalized spacial score (nSPS) is 10.5. The van der Waals surface area contributed by atoms with E-state index in [0.717, 1.165) is 5.69 Å². The lowest BCUT2D eigenvalue weighted by molar-refractivity contribution is 0.104. The van der Waals surface area contributed by atoms with Gasteiger partial charge in [0.2, 0.25) is 5.75 Å². The summed E-state index contributed by atoms with van der Waals surface area (Å²) in [6.45, 7) is 0. The SMILES string of the molecule is COc1ccccc1Oc1ccc(N/C=C/C(=O)c2cc(OC)c(OC)c(OC)c2)cc1. The molecule has 0 unspecified atom stereocenters. The highest BCUT2D eigenvalue weighted by Gasteiger charge is 2.15. The first kappa shape index (κ1) is 22.6. The molecule has 0 saturated carbocycles.